The Kier molecular flexibility index (Phi) is 6.16. The zero-order chi connectivity index (χ0) is 23.5. The zero-order valence-electron chi connectivity index (χ0n) is 19.0. The van der Waals surface area contributed by atoms with Crippen molar-refractivity contribution in [3.63, 3.8) is 0 Å². The largest absolute Gasteiger partial charge is 0.436 e. The van der Waals surface area contributed by atoms with Gasteiger partial charge in [-0.2, -0.15) is 0 Å². The summed E-state index contributed by atoms with van der Waals surface area (Å²) >= 11 is 0. The Hall–Kier alpha value is -3.88. The fourth-order valence-electron chi connectivity index (χ4n) is 3.98. The van der Waals surface area contributed by atoms with Gasteiger partial charge in [0, 0.05) is 32.8 Å². The van der Waals surface area contributed by atoms with Crippen LogP contribution in [-0.4, -0.2) is 40.0 Å². The molecule has 5 rings (SSSR count). The summed E-state index contributed by atoms with van der Waals surface area (Å²) in [5, 5.41) is 11.6. The molecule has 0 saturated carbocycles. The first-order valence-corrected chi connectivity index (χ1v) is 11.0. The zero-order valence-corrected chi connectivity index (χ0v) is 19.0. The average Bonchev–Trinajstić information content (AvgIpc) is 3.47. The minimum absolute atomic E-state index is 0.202. The van der Waals surface area contributed by atoms with Crippen molar-refractivity contribution in [2.75, 3.05) is 20.3 Å². The summed E-state index contributed by atoms with van der Waals surface area (Å²) < 4.78 is 28.3. The minimum atomic E-state index is -0.439. The minimum Gasteiger partial charge on any atom is -0.436 e. The second-order valence-electron chi connectivity index (χ2n) is 7.97. The second-order valence-corrected chi connectivity index (χ2v) is 7.97. The van der Waals surface area contributed by atoms with Gasteiger partial charge in [-0.1, -0.05) is 42.5 Å². The molecular weight excluding hydrogens is 433 g/mol. The van der Waals surface area contributed by atoms with E-state index < -0.39 is 5.82 Å². The summed E-state index contributed by atoms with van der Waals surface area (Å²) in [5.41, 5.74) is 4.89. The van der Waals surface area contributed by atoms with Gasteiger partial charge in [0.15, 0.2) is 11.4 Å². The first-order chi connectivity index (χ1) is 16.7. The monoisotopic (exact) mass is 457 g/mol. The average molecular weight is 458 g/mol. The number of hydrogen-bond donors (Lipinski definition) is 1. The van der Waals surface area contributed by atoms with Gasteiger partial charge in [0.1, 0.15) is 17.7 Å². The number of nitrogens with one attached hydrogen (secondary N) is 1. The molecule has 3 aromatic carbocycles. The predicted molar refractivity (Wildman–Crippen MR) is 128 cm³/mol. The molecule has 0 unspecified atom stereocenters. The number of benzene rings is 3. The molecule has 172 valence electrons. The second kappa shape index (κ2) is 9.54. The SMILES string of the molecule is COCCNCc1ccc2oc(-c3c(F)ccc(-c4ccccc4)c3-c3nncn3C)nc2c1. The van der Waals surface area contributed by atoms with Crippen LogP contribution in [0.1, 0.15) is 5.56 Å². The molecule has 2 aromatic heterocycles. The molecular formula is C26H24FN5O2. The van der Waals surface area contributed by atoms with Gasteiger partial charge in [-0.15, -0.1) is 10.2 Å². The van der Waals surface area contributed by atoms with Gasteiger partial charge in [-0.05, 0) is 34.9 Å². The number of halogens is 1. The number of rotatable bonds is 8. The van der Waals surface area contributed by atoms with Crippen molar-refractivity contribution in [3.8, 4) is 34.0 Å². The van der Waals surface area contributed by atoms with E-state index in [0.29, 0.717) is 35.6 Å². The third kappa shape index (κ3) is 4.21. The molecule has 0 spiro atoms. The summed E-state index contributed by atoms with van der Waals surface area (Å²) in [7, 11) is 3.50. The van der Waals surface area contributed by atoms with Gasteiger partial charge in [-0.3, -0.25) is 0 Å². The maximum absolute atomic E-state index is 15.4. The highest BCUT2D eigenvalue weighted by molar-refractivity contribution is 5.92. The maximum atomic E-state index is 15.4. The smallest absolute Gasteiger partial charge is 0.231 e. The lowest BCUT2D eigenvalue weighted by molar-refractivity contribution is 0.199. The Morgan fingerprint density at radius 1 is 1.06 bits per heavy atom. The molecule has 0 aliphatic rings. The number of nitrogens with zero attached hydrogens (tertiary/aromatic N) is 4. The summed E-state index contributed by atoms with van der Waals surface area (Å²) in [6.45, 7) is 2.05. The highest BCUT2D eigenvalue weighted by Gasteiger charge is 2.25. The molecule has 34 heavy (non-hydrogen) atoms. The van der Waals surface area contributed by atoms with Crippen molar-refractivity contribution in [1.29, 1.82) is 0 Å². The van der Waals surface area contributed by atoms with Crippen LogP contribution < -0.4 is 5.32 Å². The van der Waals surface area contributed by atoms with Crippen molar-refractivity contribution in [2.45, 2.75) is 6.54 Å². The number of ether oxygens (including phenoxy) is 1. The van der Waals surface area contributed by atoms with Crippen LogP contribution in [0.4, 0.5) is 4.39 Å². The molecule has 0 aliphatic carbocycles. The Balaban J connectivity index is 1.64. The van der Waals surface area contributed by atoms with Gasteiger partial charge < -0.3 is 19.0 Å². The molecule has 0 radical (unpaired) electrons. The summed E-state index contributed by atoms with van der Waals surface area (Å²) in [6.07, 6.45) is 1.59. The standard InChI is InChI=1S/C26H24FN5O2/c1-32-16-29-31-25(32)23-19(18-6-4-3-5-7-18)9-10-20(27)24(23)26-30-21-14-17(8-11-22(21)34-26)15-28-12-13-33-2/h3-11,14,16,28H,12-13,15H2,1-2H3. The maximum Gasteiger partial charge on any atom is 0.231 e. The fraction of sp³-hybridized carbons (Fsp3) is 0.192. The lowest BCUT2D eigenvalue weighted by atomic mass is 9.94. The summed E-state index contributed by atoms with van der Waals surface area (Å²) in [4.78, 5) is 4.67. The van der Waals surface area contributed by atoms with Gasteiger partial charge in [0.25, 0.3) is 0 Å². The van der Waals surface area contributed by atoms with E-state index in [1.165, 1.54) is 6.07 Å². The summed E-state index contributed by atoms with van der Waals surface area (Å²) in [5.74, 6) is 0.289. The van der Waals surface area contributed by atoms with Gasteiger partial charge in [-0.25, -0.2) is 9.37 Å². The third-order valence-electron chi connectivity index (χ3n) is 5.65. The Morgan fingerprint density at radius 3 is 2.68 bits per heavy atom. The predicted octanol–water partition coefficient (Wildman–Crippen LogP) is 4.83. The number of aryl methyl sites for hydroxylation is 1. The molecule has 0 atom stereocenters. The van der Waals surface area contributed by atoms with Crippen molar-refractivity contribution < 1.29 is 13.5 Å². The molecule has 0 fully saturated rings. The number of methoxy groups -OCH3 is 1. The van der Waals surface area contributed by atoms with Gasteiger partial charge >= 0.3 is 0 Å². The lowest BCUT2D eigenvalue weighted by Crippen LogP contribution is -2.18. The third-order valence-corrected chi connectivity index (χ3v) is 5.65. The van der Waals surface area contributed by atoms with Gasteiger partial charge in [0.2, 0.25) is 5.89 Å². The van der Waals surface area contributed by atoms with E-state index in [4.69, 9.17) is 9.15 Å². The first kappa shape index (κ1) is 21.9. The highest BCUT2D eigenvalue weighted by Crippen LogP contribution is 2.41. The molecule has 2 heterocycles. The Labute approximate surface area is 196 Å². The van der Waals surface area contributed by atoms with Crippen molar-refractivity contribution in [3.05, 3.63) is 78.4 Å². The van der Waals surface area contributed by atoms with E-state index in [1.807, 2.05) is 55.6 Å². The normalized spacial score (nSPS) is 11.4. The van der Waals surface area contributed by atoms with Crippen LogP contribution in [0.5, 0.6) is 0 Å². The van der Waals surface area contributed by atoms with Crippen LogP contribution in [0, 0.1) is 5.82 Å². The topological polar surface area (TPSA) is 78.0 Å². The number of oxazole rings is 1. The van der Waals surface area contributed by atoms with E-state index in [0.717, 1.165) is 23.2 Å². The number of hydrogen-bond acceptors (Lipinski definition) is 6. The van der Waals surface area contributed by atoms with E-state index in [2.05, 4.69) is 20.5 Å². The molecule has 8 heteroatoms. The van der Waals surface area contributed by atoms with E-state index >= 15 is 4.39 Å². The van der Waals surface area contributed by atoms with E-state index in [-0.39, 0.29) is 11.5 Å². The quantitative estimate of drug-likeness (QED) is 0.336. The molecule has 0 bridgehead atoms. The van der Waals surface area contributed by atoms with Crippen molar-refractivity contribution in [1.82, 2.24) is 25.1 Å². The Bertz CT molecular complexity index is 1430. The highest BCUT2D eigenvalue weighted by atomic mass is 19.1. The number of aromatic nitrogens is 4. The fourth-order valence-corrected chi connectivity index (χ4v) is 3.98. The lowest BCUT2D eigenvalue weighted by Gasteiger charge is -2.14. The summed E-state index contributed by atoms with van der Waals surface area (Å²) in [6, 6.07) is 18.8. The Morgan fingerprint density at radius 2 is 1.91 bits per heavy atom. The van der Waals surface area contributed by atoms with Gasteiger partial charge in [0.05, 0.1) is 12.2 Å². The van der Waals surface area contributed by atoms with Crippen LogP contribution in [0.25, 0.3) is 45.1 Å². The molecule has 0 saturated heterocycles. The number of fused-ring (bicyclic) bond motifs is 1. The van der Waals surface area contributed by atoms with Crippen molar-refractivity contribution >= 4 is 11.1 Å². The van der Waals surface area contributed by atoms with Crippen molar-refractivity contribution in [2.24, 2.45) is 7.05 Å². The van der Waals surface area contributed by atoms with E-state index in [1.54, 1.807) is 24.1 Å². The molecule has 7 nitrogen and oxygen atoms in total. The van der Waals surface area contributed by atoms with E-state index in [9.17, 15) is 0 Å². The van der Waals surface area contributed by atoms with Crippen LogP contribution in [0.2, 0.25) is 0 Å². The molecule has 0 aliphatic heterocycles. The van der Waals surface area contributed by atoms with Crippen LogP contribution in [0.3, 0.4) is 0 Å². The molecule has 0 amide bonds. The van der Waals surface area contributed by atoms with Crippen LogP contribution in [0.15, 0.2) is 71.4 Å². The molecule has 1 N–H and O–H groups in total. The van der Waals surface area contributed by atoms with Crippen LogP contribution >= 0.6 is 0 Å². The first-order valence-electron chi connectivity index (χ1n) is 11.0. The van der Waals surface area contributed by atoms with Crippen LogP contribution in [-0.2, 0) is 18.3 Å². The molecule has 5 aromatic rings.